The molecule has 0 saturated carbocycles. The van der Waals surface area contributed by atoms with Crippen LogP contribution in [0.1, 0.15) is 17.5 Å². The van der Waals surface area contributed by atoms with Gasteiger partial charge in [-0.2, -0.15) is 5.10 Å². The van der Waals surface area contributed by atoms with Crippen molar-refractivity contribution in [1.82, 2.24) is 9.78 Å². The van der Waals surface area contributed by atoms with Crippen molar-refractivity contribution >= 4 is 22.5 Å². The van der Waals surface area contributed by atoms with Crippen molar-refractivity contribution in [2.24, 2.45) is 0 Å². The van der Waals surface area contributed by atoms with E-state index in [0.29, 0.717) is 11.9 Å². The zero-order valence-electron chi connectivity index (χ0n) is 13.7. The lowest BCUT2D eigenvalue weighted by molar-refractivity contribution is -0.116. The number of rotatable bonds is 4. The van der Waals surface area contributed by atoms with Crippen LogP contribution in [0.25, 0.3) is 10.9 Å². The summed E-state index contributed by atoms with van der Waals surface area (Å²) in [6.45, 7) is 4.36. The summed E-state index contributed by atoms with van der Waals surface area (Å²) in [6.07, 6.45) is 1.58. The maximum atomic E-state index is 12.3. The summed E-state index contributed by atoms with van der Waals surface area (Å²) in [5.74, 6) is -0.0722. The number of hydrogen-bond donors (Lipinski definition) is 1. The van der Waals surface area contributed by atoms with Gasteiger partial charge in [0.2, 0.25) is 11.3 Å². The fraction of sp³-hybridized carbons (Fsp3) is 0.211. The highest BCUT2D eigenvalue weighted by molar-refractivity contribution is 5.92. The molecule has 0 bridgehead atoms. The second-order valence-corrected chi connectivity index (χ2v) is 5.81. The van der Waals surface area contributed by atoms with Crippen molar-refractivity contribution in [3.63, 3.8) is 0 Å². The van der Waals surface area contributed by atoms with Crippen LogP contribution in [0.4, 0.5) is 5.69 Å². The van der Waals surface area contributed by atoms with E-state index in [4.69, 9.17) is 0 Å². The number of amides is 1. The molecule has 24 heavy (non-hydrogen) atoms. The van der Waals surface area contributed by atoms with Gasteiger partial charge in [-0.25, -0.2) is 0 Å². The Balaban J connectivity index is 1.76. The van der Waals surface area contributed by atoms with Crippen LogP contribution in [-0.2, 0) is 11.3 Å². The van der Waals surface area contributed by atoms with Crippen LogP contribution in [0.2, 0.25) is 0 Å². The van der Waals surface area contributed by atoms with Gasteiger partial charge >= 0.3 is 0 Å². The summed E-state index contributed by atoms with van der Waals surface area (Å²) < 4.78 is 1.70. The first-order valence-corrected chi connectivity index (χ1v) is 7.87. The smallest absolute Gasteiger partial charge is 0.226 e. The van der Waals surface area contributed by atoms with Crippen molar-refractivity contribution in [3.05, 3.63) is 70.0 Å². The molecule has 1 heterocycles. The SMILES string of the molecule is Cc1cccc(C)c1NC(=O)CCn1ncc(=O)c2ccccc21. The average Bonchev–Trinajstić information content (AvgIpc) is 2.58. The van der Waals surface area contributed by atoms with Crippen LogP contribution in [-0.4, -0.2) is 15.7 Å². The molecule has 1 amide bonds. The van der Waals surface area contributed by atoms with E-state index in [1.54, 1.807) is 10.7 Å². The van der Waals surface area contributed by atoms with E-state index < -0.39 is 0 Å². The van der Waals surface area contributed by atoms with Crippen molar-refractivity contribution in [3.8, 4) is 0 Å². The van der Waals surface area contributed by atoms with Gasteiger partial charge in [-0.15, -0.1) is 0 Å². The summed E-state index contributed by atoms with van der Waals surface area (Å²) in [4.78, 5) is 24.1. The standard InChI is InChI=1S/C19H19N3O2/c1-13-6-5-7-14(2)19(13)21-18(24)10-11-22-16-9-4-3-8-15(16)17(23)12-20-22/h3-9,12H,10-11H2,1-2H3,(H,21,24). The molecule has 3 rings (SSSR count). The molecule has 0 unspecified atom stereocenters. The number of carbonyl (C=O) groups excluding carboxylic acids is 1. The van der Waals surface area contributed by atoms with Crippen LogP contribution in [0.3, 0.4) is 0 Å². The summed E-state index contributed by atoms with van der Waals surface area (Å²) in [7, 11) is 0. The second kappa shape index (κ2) is 6.66. The topological polar surface area (TPSA) is 64.0 Å². The molecule has 0 atom stereocenters. The fourth-order valence-electron chi connectivity index (χ4n) is 2.76. The van der Waals surface area contributed by atoms with Gasteiger partial charge in [0.25, 0.3) is 0 Å². The van der Waals surface area contributed by atoms with Gasteiger partial charge in [0.15, 0.2) is 0 Å². The van der Waals surface area contributed by atoms with E-state index in [1.165, 1.54) is 6.20 Å². The Labute approximate surface area is 139 Å². The zero-order chi connectivity index (χ0) is 17.1. The number of nitrogens with zero attached hydrogens (tertiary/aromatic N) is 2. The van der Waals surface area contributed by atoms with Crippen molar-refractivity contribution in [2.75, 3.05) is 5.32 Å². The maximum Gasteiger partial charge on any atom is 0.226 e. The van der Waals surface area contributed by atoms with Crippen LogP contribution in [0, 0.1) is 13.8 Å². The number of para-hydroxylation sites is 2. The van der Waals surface area contributed by atoms with Gasteiger partial charge in [-0.05, 0) is 37.1 Å². The Morgan fingerprint density at radius 1 is 1.08 bits per heavy atom. The Morgan fingerprint density at radius 2 is 1.79 bits per heavy atom. The minimum atomic E-state index is -0.109. The highest BCUT2D eigenvalue weighted by Gasteiger charge is 2.09. The van der Waals surface area contributed by atoms with Gasteiger partial charge in [0.1, 0.15) is 0 Å². The fourth-order valence-corrected chi connectivity index (χ4v) is 2.76. The van der Waals surface area contributed by atoms with Gasteiger partial charge in [0, 0.05) is 17.5 Å². The summed E-state index contributed by atoms with van der Waals surface area (Å²) in [6, 6.07) is 13.2. The molecule has 1 N–H and O–H groups in total. The van der Waals surface area contributed by atoms with Crippen molar-refractivity contribution in [2.45, 2.75) is 26.8 Å². The maximum absolute atomic E-state index is 12.3. The van der Waals surface area contributed by atoms with Gasteiger partial charge in [0.05, 0.1) is 18.3 Å². The number of aromatic nitrogens is 2. The highest BCUT2D eigenvalue weighted by Crippen LogP contribution is 2.19. The van der Waals surface area contributed by atoms with E-state index in [1.807, 2.05) is 50.2 Å². The Kier molecular flexibility index (Phi) is 4.42. The van der Waals surface area contributed by atoms with E-state index >= 15 is 0 Å². The number of aryl methyl sites for hydroxylation is 3. The lowest BCUT2D eigenvalue weighted by Gasteiger charge is -2.12. The molecule has 1 aromatic heterocycles. The lowest BCUT2D eigenvalue weighted by atomic mass is 10.1. The highest BCUT2D eigenvalue weighted by atomic mass is 16.1. The van der Waals surface area contributed by atoms with E-state index in [0.717, 1.165) is 22.3 Å². The molecule has 0 radical (unpaired) electrons. The molecule has 3 aromatic rings. The molecule has 0 saturated heterocycles. The van der Waals surface area contributed by atoms with Gasteiger partial charge < -0.3 is 5.32 Å². The monoisotopic (exact) mass is 321 g/mol. The molecule has 5 nitrogen and oxygen atoms in total. The first-order chi connectivity index (χ1) is 11.6. The minimum Gasteiger partial charge on any atom is -0.326 e. The molecule has 0 spiro atoms. The predicted octanol–water partition coefficient (Wildman–Crippen LogP) is 3.04. The van der Waals surface area contributed by atoms with E-state index in [-0.39, 0.29) is 17.8 Å². The number of carbonyl (C=O) groups is 1. The Hall–Kier alpha value is -2.95. The number of anilines is 1. The Bertz CT molecular complexity index is 940. The van der Waals surface area contributed by atoms with Gasteiger partial charge in [-0.1, -0.05) is 30.3 Å². The molecular weight excluding hydrogens is 302 g/mol. The van der Waals surface area contributed by atoms with Crippen LogP contribution < -0.4 is 10.7 Å². The third-order valence-electron chi connectivity index (χ3n) is 4.06. The molecule has 2 aromatic carbocycles. The van der Waals surface area contributed by atoms with Crippen LogP contribution in [0.5, 0.6) is 0 Å². The third-order valence-corrected chi connectivity index (χ3v) is 4.06. The average molecular weight is 321 g/mol. The lowest BCUT2D eigenvalue weighted by Crippen LogP contribution is -2.18. The molecule has 0 aliphatic rings. The predicted molar refractivity (Wildman–Crippen MR) is 95.2 cm³/mol. The number of fused-ring (bicyclic) bond motifs is 1. The molecule has 5 heteroatoms. The van der Waals surface area contributed by atoms with Gasteiger partial charge in [-0.3, -0.25) is 14.3 Å². The third kappa shape index (κ3) is 3.20. The molecular formula is C19H19N3O2. The van der Waals surface area contributed by atoms with Crippen molar-refractivity contribution in [1.29, 1.82) is 0 Å². The quantitative estimate of drug-likeness (QED) is 0.803. The van der Waals surface area contributed by atoms with Crippen LogP contribution >= 0.6 is 0 Å². The number of nitrogens with one attached hydrogen (secondary N) is 1. The molecule has 0 fully saturated rings. The largest absolute Gasteiger partial charge is 0.326 e. The first kappa shape index (κ1) is 15.9. The Morgan fingerprint density at radius 3 is 2.54 bits per heavy atom. The number of benzene rings is 2. The molecule has 122 valence electrons. The normalized spacial score (nSPS) is 10.8. The summed E-state index contributed by atoms with van der Waals surface area (Å²) in [5.41, 5.74) is 3.57. The summed E-state index contributed by atoms with van der Waals surface area (Å²) >= 11 is 0. The zero-order valence-corrected chi connectivity index (χ0v) is 13.7. The van der Waals surface area contributed by atoms with E-state index in [2.05, 4.69) is 10.4 Å². The molecule has 0 aliphatic carbocycles. The molecule has 0 aliphatic heterocycles. The summed E-state index contributed by atoms with van der Waals surface area (Å²) in [5, 5.41) is 7.72. The van der Waals surface area contributed by atoms with E-state index in [9.17, 15) is 9.59 Å². The number of hydrogen-bond acceptors (Lipinski definition) is 3. The van der Waals surface area contributed by atoms with Crippen molar-refractivity contribution < 1.29 is 4.79 Å². The van der Waals surface area contributed by atoms with Crippen LogP contribution in [0.15, 0.2) is 53.5 Å². The minimum absolute atomic E-state index is 0.0722. The second-order valence-electron chi connectivity index (χ2n) is 5.81. The first-order valence-electron chi connectivity index (χ1n) is 7.87.